The number of sulfonamides is 1. The van der Waals surface area contributed by atoms with Crippen molar-refractivity contribution in [2.24, 2.45) is 5.14 Å². The van der Waals surface area contributed by atoms with Crippen molar-refractivity contribution in [3.8, 4) is 10.8 Å². The number of nitrogens with two attached hydrogens (primary N) is 1. The third-order valence-corrected chi connectivity index (χ3v) is 5.76. The minimum Gasteiger partial charge on any atom is -0.448 e. The average molecular weight is 399 g/mol. The highest BCUT2D eigenvalue weighted by Gasteiger charge is 2.15. The maximum absolute atomic E-state index is 12.3. The molecule has 0 saturated carbocycles. The lowest BCUT2D eigenvalue weighted by atomic mass is 10.3. The van der Waals surface area contributed by atoms with Crippen molar-refractivity contribution < 1.29 is 17.6 Å². The predicted octanol–water partition coefficient (Wildman–Crippen LogP) is 3.46. The molecule has 0 radical (unpaired) electrons. The summed E-state index contributed by atoms with van der Waals surface area (Å²) in [5.41, 5.74) is 1.29. The molecule has 7 nitrogen and oxygen atoms in total. The van der Waals surface area contributed by atoms with Gasteiger partial charge in [0.25, 0.3) is 5.91 Å². The largest absolute Gasteiger partial charge is 0.448 e. The topological polar surface area (TPSA) is 115 Å². The molecule has 0 saturated heterocycles. The molecular weight excluding hydrogens is 386 g/mol. The maximum atomic E-state index is 12.3. The number of nitrogens with zero attached hydrogens (tertiary/aromatic N) is 1. The van der Waals surface area contributed by atoms with Gasteiger partial charge in [0.2, 0.25) is 10.0 Å². The van der Waals surface area contributed by atoms with E-state index in [4.69, 9.17) is 9.56 Å². The molecule has 2 aromatic carbocycles. The molecule has 2 heterocycles. The van der Waals surface area contributed by atoms with Gasteiger partial charge in [-0.1, -0.05) is 12.1 Å². The van der Waals surface area contributed by atoms with Gasteiger partial charge in [0.1, 0.15) is 0 Å². The van der Waals surface area contributed by atoms with E-state index in [0.29, 0.717) is 16.5 Å². The van der Waals surface area contributed by atoms with Crippen molar-refractivity contribution in [1.29, 1.82) is 0 Å². The molecular formula is C18H13N3O4S2. The van der Waals surface area contributed by atoms with E-state index >= 15 is 0 Å². The predicted molar refractivity (Wildman–Crippen MR) is 103 cm³/mol. The molecule has 0 bridgehead atoms. The third-order valence-electron chi connectivity index (χ3n) is 3.78. The molecule has 0 aliphatic rings. The highest BCUT2D eigenvalue weighted by molar-refractivity contribution is 7.89. The molecule has 136 valence electrons. The maximum Gasteiger partial charge on any atom is 0.291 e. The van der Waals surface area contributed by atoms with Gasteiger partial charge in [-0.15, -0.1) is 11.3 Å². The normalized spacial score (nSPS) is 11.6. The Morgan fingerprint density at radius 3 is 2.48 bits per heavy atom. The second kappa shape index (κ2) is 6.62. The van der Waals surface area contributed by atoms with E-state index in [-0.39, 0.29) is 10.7 Å². The van der Waals surface area contributed by atoms with Crippen LogP contribution in [-0.2, 0) is 10.0 Å². The summed E-state index contributed by atoms with van der Waals surface area (Å²) >= 11 is 1.48. The zero-order valence-electron chi connectivity index (χ0n) is 13.7. The Hall–Kier alpha value is -3.01. The minimum atomic E-state index is -3.78. The Balaban J connectivity index is 1.53. The molecule has 3 N–H and O–H groups in total. The van der Waals surface area contributed by atoms with Gasteiger partial charge in [-0.05, 0) is 48.5 Å². The van der Waals surface area contributed by atoms with Crippen LogP contribution in [0.1, 0.15) is 10.6 Å². The summed E-state index contributed by atoms with van der Waals surface area (Å²) in [6.45, 7) is 0. The second-order valence-electron chi connectivity index (χ2n) is 5.67. The summed E-state index contributed by atoms with van der Waals surface area (Å²) in [5, 5.41) is 8.38. The summed E-state index contributed by atoms with van der Waals surface area (Å²) < 4.78 is 29.2. The van der Waals surface area contributed by atoms with Crippen molar-refractivity contribution in [3.05, 3.63) is 66.4 Å². The number of carbonyl (C=O) groups excluding carboxylic acids is 1. The Kier molecular flexibility index (Phi) is 4.27. The number of rotatable bonds is 4. The molecule has 0 aliphatic heterocycles. The molecule has 9 heteroatoms. The van der Waals surface area contributed by atoms with Gasteiger partial charge in [-0.25, -0.2) is 18.5 Å². The number of hydrogen-bond donors (Lipinski definition) is 2. The molecule has 4 rings (SSSR count). The molecule has 0 unspecified atom stereocenters. The standard InChI is InChI=1S/C18H13N3O4S2/c19-27(23,24)12-7-5-11(6-8-12)20-17(22)14-9-10-15(25-14)18-21-13-3-1-2-4-16(13)26-18/h1-10H,(H,20,22)(H2,19,23,24). The number of amides is 1. The lowest BCUT2D eigenvalue weighted by molar-refractivity contribution is 0.0997. The highest BCUT2D eigenvalue weighted by atomic mass is 32.2. The van der Waals surface area contributed by atoms with Crippen LogP contribution < -0.4 is 10.5 Å². The summed E-state index contributed by atoms with van der Waals surface area (Å²) in [6.07, 6.45) is 0. The van der Waals surface area contributed by atoms with Crippen LogP contribution >= 0.6 is 11.3 Å². The van der Waals surface area contributed by atoms with Crippen LogP contribution in [-0.4, -0.2) is 19.3 Å². The summed E-state index contributed by atoms with van der Waals surface area (Å²) in [6, 6.07) is 16.5. The van der Waals surface area contributed by atoms with E-state index < -0.39 is 15.9 Å². The number of thiazole rings is 1. The van der Waals surface area contributed by atoms with Crippen molar-refractivity contribution in [2.75, 3.05) is 5.32 Å². The molecule has 0 spiro atoms. The zero-order valence-corrected chi connectivity index (χ0v) is 15.4. The Morgan fingerprint density at radius 1 is 1.04 bits per heavy atom. The Bertz CT molecular complexity index is 1210. The Morgan fingerprint density at radius 2 is 1.78 bits per heavy atom. The fourth-order valence-electron chi connectivity index (χ4n) is 2.47. The van der Waals surface area contributed by atoms with Crippen LogP contribution in [0, 0.1) is 0 Å². The monoisotopic (exact) mass is 399 g/mol. The van der Waals surface area contributed by atoms with Crippen molar-refractivity contribution in [2.45, 2.75) is 4.90 Å². The van der Waals surface area contributed by atoms with E-state index in [2.05, 4.69) is 10.3 Å². The first-order valence-electron chi connectivity index (χ1n) is 7.80. The highest BCUT2D eigenvalue weighted by Crippen LogP contribution is 2.31. The van der Waals surface area contributed by atoms with Crippen LogP contribution in [0.25, 0.3) is 21.0 Å². The molecule has 1 amide bonds. The minimum absolute atomic E-state index is 0.0309. The molecule has 0 aliphatic carbocycles. The van der Waals surface area contributed by atoms with E-state index in [1.165, 1.54) is 35.6 Å². The van der Waals surface area contributed by atoms with Gasteiger partial charge in [0.05, 0.1) is 15.1 Å². The molecule has 0 atom stereocenters. The van der Waals surface area contributed by atoms with Crippen molar-refractivity contribution in [1.82, 2.24) is 4.98 Å². The van der Waals surface area contributed by atoms with Gasteiger partial charge in [-0.2, -0.15) is 0 Å². The van der Waals surface area contributed by atoms with Crippen LogP contribution in [0.4, 0.5) is 5.69 Å². The smallest absolute Gasteiger partial charge is 0.291 e. The number of fused-ring (bicyclic) bond motifs is 1. The number of furan rings is 1. The second-order valence-corrected chi connectivity index (χ2v) is 8.27. The number of benzene rings is 2. The number of para-hydroxylation sites is 1. The fourth-order valence-corrected chi connectivity index (χ4v) is 3.92. The fraction of sp³-hybridized carbons (Fsp3) is 0. The average Bonchev–Trinajstić information content (AvgIpc) is 3.28. The first-order valence-corrected chi connectivity index (χ1v) is 10.2. The lowest BCUT2D eigenvalue weighted by Gasteiger charge is -2.04. The van der Waals surface area contributed by atoms with Gasteiger partial charge >= 0.3 is 0 Å². The van der Waals surface area contributed by atoms with E-state index in [1.54, 1.807) is 12.1 Å². The van der Waals surface area contributed by atoms with Crippen LogP contribution in [0.5, 0.6) is 0 Å². The van der Waals surface area contributed by atoms with Crippen LogP contribution in [0.2, 0.25) is 0 Å². The quantitative estimate of drug-likeness (QED) is 0.545. The van der Waals surface area contributed by atoms with Crippen LogP contribution in [0.3, 0.4) is 0 Å². The van der Waals surface area contributed by atoms with Gasteiger partial charge in [-0.3, -0.25) is 4.79 Å². The van der Waals surface area contributed by atoms with Crippen LogP contribution in [0.15, 0.2) is 70.0 Å². The summed E-state index contributed by atoms with van der Waals surface area (Å²) in [5.74, 6) is 0.177. The van der Waals surface area contributed by atoms with E-state index in [1.807, 2.05) is 24.3 Å². The van der Waals surface area contributed by atoms with Crippen molar-refractivity contribution >= 4 is 43.2 Å². The van der Waals surface area contributed by atoms with Gasteiger partial charge in [0.15, 0.2) is 16.5 Å². The number of anilines is 1. The first kappa shape index (κ1) is 17.4. The molecule has 27 heavy (non-hydrogen) atoms. The SMILES string of the molecule is NS(=O)(=O)c1ccc(NC(=O)c2ccc(-c3nc4ccccc4s3)o2)cc1. The third kappa shape index (κ3) is 3.61. The number of aromatic nitrogens is 1. The van der Waals surface area contributed by atoms with E-state index in [9.17, 15) is 13.2 Å². The lowest BCUT2D eigenvalue weighted by Crippen LogP contribution is -2.13. The summed E-state index contributed by atoms with van der Waals surface area (Å²) in [4.78, 5) is 16.8. The van der Waals surface area contributed by atoms with Crippen molar-refractivity contribution in [3.63, 3.8) is 0 Å². The number of carbonyl (C=O) groups is 1. The Labute approximate surface area is 158 Å². The zero-order chi connectivity index (χ0) is 19.0. The number of primary sulfonamides is 1. The molecule has 0 fully saturated rings. The molecule has 4 aromatic rings. The number of hydrogen-bond acceptors (Lipinski definition) is 6. The summed E-state index contributed by atoms with van der Waals surface area (Å²) in [7, 11) is -3.78. The van der Waals surface area contributed by atoms with Gasteiger partial charge in [0, 0.05) is 5.69 Å². The first-order chi connectivity index (χ1) is 12.9. The number of nitrogens with one attached hydrogen (secondary N) is 1. The molecule has 2 aromatic heterocycles. The van der Waals surface area contributed by atoms with Gasteiger partial charge < -0.3 is 9.73 Å². The van der Waals surface area contributed by atoms with E-state index in [0.717, 1.165) is 10.2 Å².